The molecule has 0 fully saturated rings. The average Bonchev–Trinajstić information content (AvgIpc) is 3.47. The second-order valence-corrected chi connectivity index (χ2v) is 14.4. The molecule has 0 saturated heterocycles. The fourth-order valence-electron chi connectivity index (χ4n) is 9.45. The highest BCUT2D eigenvalue weighted by Gasteiger charge is 2.48. The molecule has 1 nitrogen and oxygen atoms in total. The molecule has 0 atom stereocenters. The van der Waals surface area contributed by atoms with E-state index in [0.717, 1.165) is 17.1 Å². The molecule has 252 valence electrons. The summed E-state index contributed by atoms with van der Waals surface area (Å²) in [7, 11) is 0. The first-order valence-corrected chi connectivity index (χ1v) is 18.8. The third kappa shape index (κ3) is 4.39. The van der Waals surface area contributed by atoms with Gasteiger partial charge >= 0.3 is 0 Å². The third-order valence-electron chi connectivity index (χ3n) is 11.7. The van der Waals surface area contributed by atoms with Crippen molar-refractivity contribution < 1.29 is 0 Å². The Kier molecular flexibility index (Phi) is 6.84. The van der Waals surface area contributed by atoms with Crippen LogP contribution in [-0.2, 0) is 5.41 Å². The highest BCUT2D eigenvalue weighted by molar-refractivity contribution is 6.05. The van der Waals surface area contributed by atoms with E-state index < -0.39 is 5.41 Å². The van der Waals surface area contributed by atoms with Gasteiger partial charge in [-0.05, 0) is 96.8 Å². The standard InChI is InChI=1S/C53H35N/c1-4-20-41-36(15-1)18-13-29-51(41)54(52-30-14-19-37-16-2-5-21-42(37)52)40-33-31-38(32-34-40)46-35-39-17-3-9-25-47(39)53(50-28-12-8-24-45(46)50)48-26-10-6-22-43(48)44-23-7-11-27-49(44)53/h1-35H. The number of fused-ring (bicyclic) bond motifs is 11. The first kappa shape index (κ1) is 30.6. The number of benzene rings is 9. The fraction of sp³-hybridized carbons (Fsp3) is 0.0189. The number of hydrogen-bond acceptors (Lipinski definition) is 1. The molecular formula is C53H35N. The van der Waals surface area contributed by atoms with Gasteiger partial charge in [-0.1, -0.05) is 182 Å². The molecule has 1 heteroatoms. The van der Waals surface area contributed by atoms with E-state index in [4.69, 9.17) is 0 Å². The zero-order chi connectivity index (χ0) is 35.6. The molecule has 0 amide bonds. The Morgan fingerprint density at radius 2 is 0.778 bits per heavy atom. The minimum absolute atomic E-state index is 0.446. The van der Waals surface area contributed by atoms with Crippen LogP contribution in [0.5, 0.6) is 0 Å². The van der Waals surface area contributed by atoms with Crippen molar-refractivity contribution in [3.05, 3.63) is 245 Å². The van der Waals surface area contributed by atoms with Crippen LogP contribution in [0.4, 0.5) is 17.1 Å². The van der Waals surface area contributed by atoms with Crippen molar-refractivity contribution in [1.82, 2.24) is 0 Å². The minimum atomic E-state index is -0.446. The van der Waals surface area contributed by atoms with E-state index in [2.05, 4.69) is 217 Å². The second-order valence-electron chi connectivity index (χ2n) is 14.4. The zero-order valence-electron chi connectivity index (χ0n) is 29.7. The van der Waals surface area contributed by atoms with Gasteiger partial charge in [0, 0.05) is 16.5 Å². The van der Waals surface area contributed by atoms with Gasteiger partial charge in [-0.25, -0.2) is 0 Å². The predicted molar refractivity (Wildman–Crippen MR) is 227 cm³/mol. The molecule has 0 aliphatic heterocycles. The SMILES string of the molecule is C1=C(c2ccc(N(c3cccc4ccccc34)c3cccc4ccccc34)cc2)c2ccccc2C2(c3ccccc31)c1ccccc1-c1ccccc12. The highest BCUT2D eigenvalue weighted by atomic mass is 15.1. The summed E-state index contributed by atoms with van der Waals surface area (Å²) < 4.78 is 0. The van der Waals surface area contributed by atoms with Gasteiger partial charge in [0.25, 0.3) is 0 Å². The molecular weight excluding hydrogens is 651 g/mol. The Morgan fingerprint density at radius 1 is 0.333 bits per heavy atom. The van der Waals surface area contributed by atoms with Crippen molar-refractivity contribution in [3.63, 3.8) is 0 Å². The smallest absolute Gasteiger partial charge is 0.0725 e. The summed E-state index contributed by atoms with van der Waals surface area (Å²) in [6.45, 7) is 0. The van der Waals surface area contributed by atoms with E-state index in [1.165, 1.54) is 77.2 Å². The van der Waals surface area contributed by atoms with Crippen molar-refractivity contribution in [2.75, 3.05) is 4.90 Å². The molecule has 0 bridgehead atoms. The number of nitrogens with zero attached hydrogens (tertiary/aromatic N) is 1. The van der Waals surface area contributed by atoms with Crippen LogP contribution < -0.4 is 4.90 Å². The quantitative estimate of drug-likeness (QED) is 0.178. The molecule has 0 unspecified atom stereocenters. The largest absolute Gasteiger partial charge is 0.309 e. The van der Waals surface area contributed by atoms with Crippen LogP contribution in [-0.4, -0.2) is 0 Å². The van der Waals surface area contributed by atoms with Crippen LogP contribution in [0.15, 0.2) is 206 Å². The lowest BCUT2D eigenvalue weighted by atomic mass is 9.66. The van der Waals surface area contributed by atoms with Gasteiger partial charge in [0.1, 0.15) is 0 Å². The molecule has 9 aromatic rings. The van der Waals surface area contributed by atoms with Crippen molar-refractivity contribution in [3.8, 4) is 11.1 Å². The van der Waals surface area contributed by atoms with Gasteiger partial charge in [-0.15, -0.1) is 0 Å². The zero-order valence-corrected chi connectivity index (χ0v) is 29.7. The molecule has 9 aromatic carbocycles. The molecule has 2 aliphatic rings. The lowest BCUT2D eigenvalue weighted by Crippen LogP contribution is -2.30. The Morgan fingerprint density at radius 3 is 1.37 bits per heavy atom. The Hall–Kier alpha value is -6.96. The maximum Gasteiger partial charge on any atom is 0.0725 e. The van der Waals surface area contributed by atoms with Crippen molar-refractivity contribution in [2.24, 2.45) is 0 Å². The van der Waals surface area contributed by atoms with E-state index in [1.54, 1.807) is 0 Å². The van der Waals surface area contributed by atoms with E-state index in [1.807, 2.05) is 0 Å². The van der Waals surface area contributed by atoms with Gasteiger partial charge in [-0.3, -0.25) is 0 Å². The maximum atomic E-state index is 2.43. The molecule has 54 heavy (non-hydrogen) atoms. The van der Waals surface area contributed by atoms with Crippen LogP contribution in [0, 0.1) is 0 Å². The van der Waals surface area contributed by atoms with E-state index in [-0.39, 0.29) is 0 Å². The van der Waals surface area contributed by atoms with Crippen molar-refractivity contribution in [1.29, 1.82) is 0 Å². The summed E-state index contributed by atoms with van der Waals surface area (Å²) in [5.74, 6) is 0. The van der Waals surface area contributed by atoms with Crippen molar-refractivity contribution in [2.45, 2.75) is 5.41 Å². The Balaban J connectivity index is 1.13. The van der Waals surface area contributed by atoms with Crippen LogP contribution in [0.3, 0.4) is 0 Å². The summed E-state index contributed by atoms with van der Waals surface area (Å²) in [5, 5.41) is 4.88. The van der Waals surface area contributed by atoms with Gasteiger partial charge in [0.15, 0.2) is 0 Å². The maximum absolute atomic E-state index is 2.43. The number of anilines is 3. The number of rotatable bonds is 4. The van der Waals surface area contributed by atoms with Gasteiger partial charge in [0.2, 0.25) is 0 Å². The normalized spacial score (nSPS) is 13.4. The van der Waals surface area contributed by atoms with E-state index in [9.17, 15) is 0 Å². The van der Waals surface area contributed by atoms with Crippen molar-refractivity contribution >= 4 is 50.3 Å². The molecule has 0 N–H and O–H groups in total. The summed E-state index contributed by atoms with van der Waals surface area (Å²) in [6, 6.07) is 76.0. The Labute approximate surface area is 315 Å². The van der Waals surface area contributed by atoms with Crippen LogP contribution in [0.2, 0.25) is 0 Å². The molecule has 1 spiro atoms. The van der Waals surface area contributed by atoms with Gasteiger partial charge in [-0.2, -0.15) is 0 Å². The van der Waals surface area contributed by atoms with Gasteiger partial charge in [0.05, 0.1) is 16.8 Å². The fourth-order valence-corrected chi connectivity index (χ4v) is 9.45. The lowest BCUT2D eigenvalue weighted by Gasteiger charge is -2.35. The Bertz CT molecular complexity index is 2810. The van der Waals surface area contributed by atoms with Gasteiger partial charge < -0.3 is 4.90 Å². The highest BCUT2D eigenvalue weighted by Crippen LogP contribution is 2.59. The summed E-state index contributed by atoms with van der Waals surface area (Å²) >= 11 is 0. The van der Waals surface area contributed by atoms with E-state index >= 15 is 0 Å². The molecule has 0 radical (unpaired) electrons. The molecule has 2 aliphatic carbocycles. The molecule has 0 saturated carbocycles. The molecule has 0 aromatic heterocycles. The topological polar surface area (TPSA) is 3.24 Å². The second kappa shape index (κ2) is 12.0. The van der Waals surface area contributed by atoms with Crippen LogP contribution in [0.1, 0.15) is 38.9 Å². The summed E-state index contributed by atoms with van der Waals surface area (Å²) in [6.07, 6.45) is 2.43. The summed E-state index contributed by atoms with van der Waals surface area (Å²) in [4.78, 5) is 2.43. The first-order chi connectivity index (χ1) is 26.8. The molecule has 0 heterocycles. The first-order valence-electron chi connectivity index (χ1n) is 18.8. The average molecular weight is 686 g/mol. The third-order valence-corrected chi connectivity index (χ3v) is 11.7. The molecule has 11 rings (SSSR count). The van der Waals surface area contributed by atoms with Crippen LogP contribution >= 0.6 is 0 Å². The van der Waals surface area contributed by atoms with E-state index in [0.29, 0.717) is 0 Å². The predicted octanol–water partition coefficient (Wildman–Crippen LogP) is 13.7. The van der Waals surface area contributed by atoms with Crippen LogP contribution in [0.25, 0.3) is 44.3 Å². The lowest BCUT2D eigenvalue weighted by molar-refractivity contribution is 0.766. The summed E-state index contributed by atoms with van der Waals surface area (Å²) in [5.41, 5.74) is 15.8. The monoisotopic (exact) mass is 685 g/mol. The minimum Gasteiger partial charge on any atom is -0.309 e. The number of hydrogen-bond donors (Lipinski definition) is 0.